The highest BCUT2D eigenvalue weighted by Gasteiger charge is 2.28. The summed E-state index contributed by atoms with van der Waals surface area (Å²) in [5.74, 6) is 0. The van der Waals surface area contributed by atoms with Gasteiger partial charge in [0.25, 0.3) is 0 Å². The van der Waals surface area contributed by atoms with Crippen LogP contribution in [0.3, 0.4) is 0 Å². The zero-order valence-electron chi connectivity index (χ0n) is 12.0. The highest BCUT2D eigenvalue weighted by atomic mass is 32.2. The molecule has 0 bridgehead atoms. The number of benzene rings is 1. The normalized spacial score (nSPS) is 26.3. The Labute approximate surface area is 120 Å². The first-order chi connectivity index (χ1) is 9.13. The van der Waals surface area contributed by atoms with E-state index in [1.165, 1.54) is 10.5 Å². The van der Waals surface area contributed by atoms with Gasteiger partial charge in [-0.1, -0.05) is 12.1 Å². The summed E-state index contributed by atoms with van der Waals surface area (Å²) in [7, 11) is 0. The Hall–Kier alpha value is -0.550. The van der Waals surface area contributed by atoms with Gasteiger partial charge >= 0.3 is 0 Å². The van der Waals surface area contributed by atoms with E-state index in [2.05, 4.69) is 49.3 Å². The van der Waals surface area contributed by atoms with Gasteiger partial charge in [-0.3, -0.25) is 4.90 Å². The minimum Gasteiger partial charge on any atom is -0.373 e. The van der Waals surface area contributed by atoms with Crippen molar-refractivity contribution >= 4 is 11.8 Å². The Balaban J connectivity index is 2.13. The number of nitrogens with zero attached hydrogens (tertiary/aromatic N) is 1. The first-order valence-electron chi connectivity index (χ1n) is 6.87. The fourth-order valence-corrected chi connectivity index (χ4v) is 3.20. The van der Waals surface area contributed by atoms with E-state index in [0.29, 0.717) is 12.6 Å². The van der Waals surface area contributed by atoms with Crippen molar-refractivity contribution in [3.8, 4) is 0 Å². The van der Waals surface area contributed by atoms with E-state index in [-0.39, 0.29) is 12.2 Å². The largest absolute Gasteiger partial charge is 0.373 e. The minimum absolute atomic E-state index is 0.281. The van der Waals surface area contributed by atoms with Crippen LogP contribution in [0.5, 0.6) is 0 Å². The molecule has 1 aromatic carbocycles. The standard InChI is InChI=1S/C15H24N2OS/c1-11-9-17(10-12(2)18-11)15(8-16)13-4-6-14(19-3)7-5-13/h4-7,11-12,15H,8-10,16H2,1-3H3/t11-,12+,15?. The van der Waals surface area contributed by atoms with Gasteiger partial charge in [0, 0.05) is 30.6 Å². The SMILES string of the molecule is CSc1ccc(C(CN)N2C[C@@H](C)O[C@@H](C)C2)cc1. The molecule has 3 nitrogen and oxygen atoms in total. The summed E-state index contributed by atoms with van der Waals surface area (Å²) in [4.78, 5) is 3.75. The lowest BCUT2D eigenvalue weighted by molar-refractivity contribution is -0.0799. The number of morpholine rings is 1. The van der Waals surface area contributed by atoms with E-state index in [0.717, 1.165) is 13.1 Å². The number of hydrogen-bond donors (Lipinski definition) is 1. The van der Waals surface area contributed by atoms with Crippen LogP contribution in [-0.4, -0.2) is 43.0 Å². The zero-order chi connectivity index (χ0) is 13.8. The fourth-order valence-electron chi connectivity index (χ4n) is 2.79. The number of thioether (sulfide) groups is 1. The molecular formula is C15H24N2OS. The van der Waals surface area contributed by atoms with Crippen LogP contribution >= 0.6 is 11.8 Å². The van der Waals surface area contributed by atoms with Crippen molar-refractivity contribution in [2.45, 2.75) is 37.0 Å². The molecule has 1 unspecified atom stereocenters. The van der Waals surface area contributed by atoms with Gasteiger partial charge in [-0.05, 0) is 37.8 Å². The maximum atomic E-state index is 6.01. The van der Waals surface area contributed by atoms with Gasteiger partial charge in [-0.2, -0.15) is 0 Å². The maximum Gasteiger partial charge on any atom is 0.0678 e. The highest BCUT2D eigenvalue weighted by molar-refractivity contribution is 7.98. The molecule has 1 heterocycles. The molecule has 2 rings (SSSR count). The Kier molecular flexibility index (Phi) is 5.28. The minimum atomic E-state index is 0.281. The van der Waals surface area contributed by atoms with E-state index in [1.807, 2.05) is 0 Å². The number of hydrogen-bond acceptors (Lipinski definition) is 4. The Bertz CT molecular complexity index is 386. The average molecular weight is 280 g/mol. The van der Waals surface area contributed by atoms with E-state index < -0.39 is 0 Å². The molecule has 19 heavy (non-hydrogen) atoms. The second-order valence-corrected chi connectivity index (χ2v) is 6.12. The molecule has 4 heteroatoms. The molecule has 106 valence electrons. The molecule has 1 aliphatic heterocycles. The van der Waals surface area contributed by atoms with Gasteiger partial charge in [0.05, 0.1) is 12.2 Å². The summed E-state index contributed by atoms with van der Waals surface area (Å²) in [5, 5.41) is 0. The predicted octanol–water partition coefficient (Wildman–Crippen LogP) is 2.52. The monoisotopic (exact) mass is 280 g/mol. The molecule has 1 fully saturated rings. The van der Waals surface area contributed by atoms with Crippen molar-refractivity contribution in [2.75, 3.05) is 25.9 Å². The van der Waals surface area contributed by atoms with Gasteiger partial charge in [0.2, 0.25) is 0 Å². The average Bonchev–Trinajstić information content (AvgIpc) is 2.39. The first kappa shape index (κ1) is 14.9. The van der Waals surface area contributed by atoms with Crippen molar-refractivity contribution in [3.05, 3.63) is 29.8 Å². The topological polar surface area (TPSA) is 38.5 Å². The molecule has 1 aromatic rings. The third-order valence-corrected chi connectivity index (χ3v) is 4.36. The van der Waals surface area contributed by atoms with E-state index in [1.54, 1.807) is 11.8 Å². The molecule has 0 aliphatic carbocycles. The lowest BCUT2D eigenvalue weighted by Gasteiger charge is -2.40. The summed E-state index contributed by atoms with van der Waals surface area (Å²) in [6, 6.07) is 9.05. The quantitative estimate of drug-likeness (QED) is 0.860. The molecular weight excluding hydrogens is 256 g/mol. The molecule has 0 saturated carbocycles. The van der Waals surface area contributed by atoms with Crippen molar-refractivity contribution in [3.63, 3.8) is 0 Å². The van der Waals surface area contributed by atoms with Crippen LogP contribution in [-0.2, 0) is 4.74 Å². The van der Waals surface area contributed by atoms with Crippen LogP contribution in [0.25, 0.3) is 0 Å². The number of ether oxygens (including phenoxy) is 1. The first-order valence-corrected chi connectivity index (χ1v) is 8.10. The van der Waals surface area contributed by atoms with Crippen LogP contribution in [0.1, 0.15) is 25.5 Å². The Morgan fingerprint density at radius 3 is 2.32 bits per heavy atom. The lowest BCUT2D eigenvalue weighted by atomic mass is 10.0. The number of rotatable bonds is 4. The molecule has 1 aliphatic rings. The number of nitrogens with two attached hydrogens (primary N) is 1. The zero-order valence-corrected chi connectivity index (χ0v) is 12.8. The van der Waals surface area contributed by atoms with Crippen LogP contribution in [0.15, 0.2) is 29.2 Å². The third kappa shape index (κ3) is 3.72. The molecule has 0 aromatic heterocycles. The van der Waals surface area contributed by atoms with Crippen molar-refractivity contribution < 1.29 is 4.74 Å². The van der Waals surface area contributed by atoms with E-state index in [4.69, 9.17) is 10.5 Å². The molecule has 1 saturated heterocycles. The fraction of sp³-hybridized carbons (Fsp3) is 0.600. The Morgan fingerprint density at radius 2 is 1.84 bits per heavy atom. The summed E-state index contributed by atoms with van der Waals surface area (Å²) in [5.41, 5.74) is 7.32. The van der Waals surface area contributed by atoms with Crippen LogP contribution in [0, 0.1) is 0 Å². The van der Waals surface area contributed by atoms with Crippen LogP contribution in [0.4, 0.5) is 0 Å². The lowest BCUT2D eigenvalue weighted by Crippen LogP contribution is -2.48. The predicted molar refractivity (Wildman–Crippen MR) is 81.6 cm³/mol. The van der Waals surface area contributed by atoms with E-state index in [9.17, 15) is 0 Å². The van der Waals surface area contributed by atoms with Crippen molar-refractivity contribution in [1.29, 1.82) is 0 Å². The second kappa shape index (κ2) is 6.75. The van der Waals surface area contributed by atoms with Crippen LogP contribution in [0.2, 0.25) is 0 Å². The molecule has 0 amide bonds. The van der Waals surface area contributed by atoms with Crippen molar-refractivity contribution in [2.24, 2.45) is 5.73 Å². The highest BCUT2D eigenvalue weighted by Crippen LogP contribution is 2.25. The second-order valence-electron chi connectivity index (χ2n) is 5.24. The molecule has 2 N–H and O–H groups in total. The van der Waals surface area contributed by atoms with Gasteiger partial charge in [-0.15, -0.1) is 11.8 Å². The van der Waals surface area contributed by atoms with Crippen molar-refractivity contribution in [1.82, 2.24) is 4.90 Å². The van der Waals surface area contributed by atoms with Gasteiger partial charge in [0.1, 0.15) is 0 Å². The Morgan fingerprint density at radius 1 is 1.26 bits per heavy atom. The van der Waals surface area contributed by atoms with Gasteiger partial charge < -0.3 is 10.5 Å². The summed E-state index contributed by atoms with van der Waals surface area (Å²) in [6.45, 7) is 6.82. The summed E-state index contributed by atoms with van der Waals surface area (Å²) < 4.78 is 5.80. The van der Waals surface area contributed by atoms with Gasteiger partial charge in [0.15, 0.2) is 0 Å². The van der Waals surface area contributed by atoms with E-state index >= 15 is 0 Å². The molecule has 0 spiro atoms. The maximum absolute atomic E-state index is 6.01. The molecule has 0 radical (unpaired) electrons. The summed E-state index contributed by atoms with van der Waals surface area (Å²) >= 11 is 1.77. The summed E-state index contributed by atoms with van der Waals surface area (Å²) in [6.07, 6.45) is 2.66. The van der Waals surface area contributed by atoms with Crippen LogP contribution < -0.4 is 5.73 Å². The van der Waals surface area contributed by atoms with Gasteiger partial charge in [-0.25, -0.2) is 0 Å². The smallest absolute Gasteiger partial charge is 0.0678 e. The molecule has 3 atom stereocenters. The third-order valence-electron chi connectivity index (χ3n) is 3.61.